The molecule has 2 heterocycles. The van der Waals surface area contributed by atoms with Gasteiger partial charge in [-0.15, -0.1) is 11.3 Å². The normalized spacial score (nSPS) is 11.2. The van der Waals surface area contributed by atoms with Crippen molar-refractivity contribution in [2.75, 3.05) is 0 Å². The summed E-state index contributed by atoms with van der Waals surface area (Å²) in [5, 5.41) is 0. The van der Waals surface area contributed by atoms with Crippen LogP contribution in [0.1, 0.15) is 4.88 Å². The van der Waals surface area contributed by atoms with Gasteiger partial charge in [0, 0.05) is 4.88 Å². The fourth-order valence-corrected chi connectivity index (χ4v) is 3.35. The van der Waals surface area contributed by atoms with Gasteiger partial charge >= 0.3 is 0 Å². The van der Waals surface area contributed by atoms with Crippen molar-refractivity contribution in [2.24, 2.45) is 14.1 Å². The molecular formula is C14H15N2S+. The molecule has 0 aliphatic carbocycles. The quantitative estimate of drug-likeness (QED) is 0.581. The summed E-state index contributed by atoms with van der Waals surface area (Å²) in [6.07, 6.45) is 0. The number of aryl methyl sites for hydroxylation is 3. The van der Waals surface area contributed by atoms with Gasteiger partial charge in [-0.05, 0) is 31.2 Å². The van der Waals surface area contributed by atoms with Gasteiger partial charge in [0.1, 0.15) is 4.88 Å². The third-order valence-electron chi connectivity index (χ3n) is 3.20. The van der Waals surface area contributed by atoms with Crippen LogP contribution in [0.25, 0.3) is 21.7 Å². The van der Waals surface area contributed by atoms with E-state index in [2.05, 4.69) is 66.6 Å². The molecule has 0 amide bonds. The lowest BCUT2D eigenvalue weighted by Crippen LogP contribution is -2.29. The zero-order valence-corrected chi connectivity index (χ0v) is 11.1. The maximum atomic E-state index is 2.26. The summed E-state index contributed by atoms with van der Waals surface area (Å²) in [6.45, 7) is 2.15. The molecule has 3 rings (SSSR count). The minimum absolute atomic E-state index is 1.27. The van der Waals surface area contributed by atoms with E-state index in [1.165, 1.54) is 26.6 Å². The summed E-state index contributed by atoms with van der Waals surface area (Å²) in [5.74, 6) is 1.27. The van der Waals surface area contributed by atoms with Gasteiger partial charge in [0.25, 0.3) is 5.82 Å². The molecule has 17 heavy (non-hydrogen) atoms. The lowest BCUT2D eigenvalue weighted by atomic mass is 10.3. The predicted molar refractivity (Wildman–Crippen MR) is 72.1 cm³/mol. The van der Waals surface area contributed by atoms with Gasteiger partial charge in [0.15, 0.2) is 11.0 Å². The summed E-state index contributed by atoms with van der Waals surface area (Å²) in [4.78, 5) is 2.67. The molecule has 86 valence electrons. The van der Waals surface area contributed by atoms with Gasteiger partial charge in [-0.1, -0.05) is 12.1 Å². The van der Waals surface area contributed by atoms with E-state index in [0.717, 1.165) is 0 Å². The number of thiophene rings is 1. The van der Waals surface area contributed by atoms with Crippen molar-refractivity contribution in [1.29, 1.82) is 0 Å². The molecule has 0 spiro atoms. The molecule has 0 N–H and O–H groups in total. The molecule has 0 radical (unpaired) electrons. The molecule has 0 bridgehead atoms. The van der Waals surface area contributed by atoms with E-state index in [9.17, 15) is 0 Å². The second-order valence-corrected chi connectivity index (χ2v) is 5.63. The summed E-state index contributed by atoms with van der Waals surface area (Å²) >= 11 is 1.84. The summed E-state index contributed by atoms with van der Waals surface area (Å²) in [7, 11) is 4.26. The van der Waals surface area contributed by atoms with Crippen LogP contribution < -0.4 is 4.57 Å². The monoisotopic (exact) mass is 243 g/mol. The Bertz CT molecular complexity index is 652. The molecule has 1 aromatic carbocycles. The highest BCUT2D eigenvalue weighted by Gasteiger charge is 2.22. The minimum Gasteiger partial charge on any atom is -0.225 e. The van der Waals surface area contributed by atoms with Crippen LogP contribution in [0.15, 0.2) is 36.4 Å². The zero-order valence-electron chi connectivity index (χ0n) is 10.3. The Morgan fingerprint density at radius 2 is 1.88 bits per heavy atom. The van der Waals surface area contributed by atoms with E-state index in [-0.39, 0.29) is 0 Å². The number of imidazole rings is 1. The first kappa shape index (κ1) is 10.5. The van der Waals surface area contributed by atoms with Crippen LogP contribution in [-0.4, -0.2) is 4.57 Å². The SMILES string of the molecule is Cc1ccc(-c2n(C)c3ccccc3[n+]2C)s1. The van der Waals surface area contributed by atoms with Crippen LogP contribution in [0.2, 0.25) is 0 Å². The molecule has 0 aliphatic heterocycles. The van der Waals surface area contributed by atoms with Crippen molar-refractivity contribution in [1.82, 2.24) is 4.57 Å². The fourth-order valence-electron chi connectivity index (χ4n) is 2.37. The molecule has 0 fully saturated rings. The molecule has 0 aliphatic rings. The lowest BCUT2D eigenvalue weighted by molar-refractivity contribution is -0.633. The van der Waals surface area contributed by atoms with Gasteiger partial charge in [-0.2, -0.15) is 0 Å². The molecule has 3 aromatic rings. The van der Waals surface area contributed by atoms with Gasteiger partial charge in [-0.3, -0.25) is 0 Å². The number of aromatic nitrogens is 2. The highest BCUT2D eigenvalue weighted by atomic mass is 32.1. The second-order valence-electron chi connectivity index (χ2n) is 4.34. The molecular weight excluding hydrogens is 228 g/mol. The summed E-state index contributed by atoms with van der Waals surface area (Å²) in [5.41, 5.74) is 2.55. The Balaban J connectivity index is 2.37. The van der Waals surface area contributed by atoms with Crippen molar-refractivity contribution < 1.29 is 4.57 Å². The average Bonchev–Trinajstić information content (AvgIpc) is 2.84. The first-order valence-corrected chi connectivity index (χ1v) is 6.50. The van der Waals surface area contributed by atoms with Crippen LogP contribution in [0.3, 0.4) is 0 Å². The average molecular weight is 243 g/mol. The largest absolute Gasteiger partial charge is 0.299 e. The first-order chi connectivity index (χ1) is 8.18. The number of para-hydroxylation sites is 2. The topological polar surface area (TPSA) is 8.81 Å². The van der Waals surface area contributed by atoms with Crippen molar-refractivity contribution in [3.05, 3.63) is 41.3 Å². The smallest absolute Gasteiger partial charge is 0.225 e. The third kappa shape index (κ3) is 1.50. The van der Waals surface area contributed by atoms with Gasteiger partial charge in [0.2, 0.25) is 0 Å². The van der Waals surface area contributed by atoms with E-state index < -0.39 is 0 Å². The Labute approximate surface area is 105 Å². The highest BCUT2D eigenvalue weighted by molar-refractivity contribution is 7.15. The highest BCUT2D eigenvalue weighted by Crippen LogP contribution is 2.27. The molecule has 2 aromatic heterocycles. The van der Waals surface area contributed by atoms with Gasteiger partial charge in [-0.25, -0.2) is 9.13 Å². The summed E-state index contributed by atoms with van der Waals surface area (Å²) in [6, 6.07) is 12.9. The van der Waals surface area contributed by atoms with E-state index in [0.29, 0.717) is 0 Å². The van der Waals surface area contributed by atoms with Gasteiger partial charge in [0.05, 0.1) is 14.1 Å². The Morgan fingerprint density at radius 3 is 2.53 bits per heavy atom. The van der Waals surface area contributed by atoms with E-state index >= 15 is 0 Å². The van der Waals surface area contributed by atoms with Crippen LogP contribution in [-0.2, 0) is 14.1 Å². The number of rotatable bonds is 1. The Morgan fingerprint density at radius 1 is 1.12 bits per heavy atom. The zero-order chi connectivity index (χ0) is 12.0. The Kier molecular flexibility index (Phi) is 2.30. The second kappa shape index (κ2) is 3.70. The van der Waals surface area contributed by atoms with Crippen molar-refractivity contribution in [3.8, 4) is 10.7 Å². The van der Waals surface area contributed by atoms with Gasteiger partial charge < -0.3 is 0 Å². The summed E-state index contributed by atoms with van der Waals surface area (Å²) < 4.78 is 4.53. The molecule has 0 saturated carbocycles. The standard InChI is InChI=1S/C14H15N2S/c1-10-8-9-13(17-10)14-15(2)11-6-4-5-7-12(11)16(14)3/h4-9H,1-3H3/q+1. The Hall–Kier alpha value is -1.61. The number of hydrogen-bond acceptors (Lipinski definition) is 1. The number of fused-ring (bicyclic) bond motifs is 1. The minimum atomic E-state index is 1.27. The maximum Gasteiger partial charge on any atom is 0.299 e. The maximum absolute atomic E-state index is 2.26. The molecule has 0 atom stereocenters. The molecule has 2 nitrogen and oxygen atoms in total. The van der Waals surface area contributed by atoms with Crippen LogP contribution in [0, 0.1) is 6.92 Å². The molecule has 0 unspecified atom stereocenters. The fraction of sp³-hybridized carbons (Fsp3) is 0.214. The molecule has 3 heteroatoms. The van der Waals surface area contributed by atoms with Crippen molar-refractivity contribution >= 4 is 22.4 Å². The van der Waals surface area contributed by atoms with Crippen LogP contribution in [0.4, 0.5) is 0 Å². The van der Waals surface area contributed by atoms with Crippen LogP contribution in [0.5, 0.6) is 0 Å². The predicted octanol–water partition coefficient (Wildman–Crippen LogP) is 3.04. The van der Waals surface area contributed by atoms with E-state index in [4.69, 9.17) is 0 Å². The van der Waals surface area contributed by atoms with Crippen LogP contribution >= 0.6 is 11.3 Å². The van der Waals surface area contributed by atoms with Crippen molar-refractivity contribution in [3.63, 3.8) is 0 Å². The third-order valence-corrected chi connectivity index (χ3v) is 4.20. The number of benzene rings is 1. The van der Waals surface area contributed by atoms with Crippen molar-refractivity contribution in [2.45, 2.75) is 6.92 Å². The van der Waals surface area contributed by atoms with E-state index in [1.807, 2.05) is 11.3 Å². The van der Waals surface area contributed by atoms with E-state index in [1.54, 1.807) is 0 Å². The molecule has 0 saturated heterocycles. The number of hydrogen-bond donors (Lipinski definition) is 0. The lowest BCUT2D eigenvalue weighted by Gasteiger charge is -1.94. The number of nitrogens with zero attached hydrogens (tertiary/aromatic N) is 2. The first-order valence-electron chi connectivity index (χ1n) is 5.69.